The summed E-state index contributed by atoms with van der Waals surface area (Å²) in [5.41, 5.74) is 1.04. The van der Waals surface area contributed by atoms with Crippen LogP contribution in [0.5, 0.6) is 23.0 Å². The Labute approximate surface area is 176 Å². The molecule has 1 N–H and O–H groups in total. The molecule has 0 saturated heterocycles. The predicted molar refractivity (Wildman–Crippen MR) is 111 cm³/mol. The number of carbonyl (C=O) groups is 2. The van der Waals surface area contributed by atoms with E-state index in [0.29, 0.717) is 28.6 Å². The van der Waals surface area contributed by atoms with Gasteiger partial charge < -0.3 is 29.0 Å². The molecule has 0 aliphatic carbocycles. The molecule has 8 nitrogen and oxygen atoms in total. The third-order valence-corrected chi connectivity index (χ3v) is 4.43. The van der Waals surface area contributed by atoms with Gasteiger partial charge in [-0.25, -0.2) is 0 Å². The Morgan fingerprint density at radius 1 is 0.900 bits per heavy atom. The molecule has 0 radical (unpaired) electrons. The Morgan fingerprint density at radius 2 is 1.50 bits per heavy atom. The molecule has 0 aliphatic heterocycles. The minimum absolute atomic E-state index is 0.0175. The zero-order chi connectivity index (χ0) is 22.1. The molecule has 8 heteroatoms. The van der Waals surface area contributed by atoms with Crippen molar-refractivity contribution >= 4 is 11.9 Å². The maximum atomic E-state index is 13.0. The molecule has 0 aliphatic rings. The van der Waals surface area contributed by atoms with Crippen LogP contribution >= 0.6 is 0 Å². The normalized spacial score (nSPS) is 11.2. The first kappa shape index (κ1) is 22.9. The summed E-state index contributed by atoms with van der Waals surface area (Å²) >= 11 is 0. The number of esters is 1. The quantitative estimate of drug-likeness (QED) is 0.594. The van der Waals surface area contributed by atoms with Gasteiger partial charge in [-0.3, -0.25) is 9.59 Å². The topological polar surface area (TPSA) is 92.3 Å². The fourth-order valence-corrected chi connectivity index (χ4v) is 2.93. The van der Waals surface area contributed by atoms with Crippen LogP contribution in [0.15, 0.2) is 36.4 Å². The Bertz CT molecular complexity index is 839. The van der Waals surface area contributed by atoms with Gasteiger partial charge in [0.25, 0.3) is 5.91 Å². The van der Waals surface area contributed by atoms with E-state index in [0.717, 1.165) is 5.56 Å². The third-order valence-electron chi connectivity index (χ3n) is 4.43. The van der Waals surface area contributed by atoms with Crippen molar-refractivity contribution in [3.63, 3.8) is 0 Å². The SMILES string of the molecule is CCOC(=O)C[C@H](NC(=O)c1cc(OC)c(OC)c(OC)c1)c1ccc(OC)cc1. The maximum Gasteiger partial charge on any atom is 0.308 e. The van der Waals surface area contributed by atoms with Crippen LogP contribution in [0.3, 0.4) is 0 Å². The zero-order valence-electron chi connectivity index (χ0n) is 17.8. The summed E-state index contributed by atoms with van der Waals surface area (Å²) in [7, 11) is 6.00. The summed E-state index contributed by atoms with van der Waals surface area (Å²) in [6.07, 6.45) is -0.0175. The highest BCUT2D eigenvalue weighted by molar-refractivity contribution is 5.96. The van der Waals surface area contributed by atoms with Crippen LogP contribution in [0.2, 0.25) is 0 Å². The fraction of sp³-hybridized carbons (Fsp3) is 0.364. The van der Waals surface area contributed by atoms with Crippen molar-refractivity contribution in [2.45, 2.75) is 19.4 Å². The van der Waals surface area contributed by atoms with Crippen molar-refractivity contribution in [3.8, 4) is 23.0 Å². The van der Waals surface area contributed by atoms with Crippen molar-refractivity contribution in [1.82, 2.24) is 5.32 Å². The minimum atomic E-state index is -0.596. The van der Waals surface area contributed by atoms with Crippen molar-refractivity contribution < 1.29 is 33.3 Å². The van der Waals surface area contributed by atoms with Crippen LogP contribution in [-0.2, 0) is 9.53 Å². The number of rotatable bonds is 10. The van der Waals surface area contributed by atoms with E-state index in [1.165, 1.54) is 21.3 Å². The van der Waals surface area contributed by atoms with Gasteiger partial charge in [0.15, 0.2) is 11.5 Å². The Kier molecular flexibility index (Phi) is 8.34. The number of amides is 1. The van der Waals surface area contributed by atoms with Gasteiger partial charge in [0.05, 0.1) is 47.5 Å². The highest BCUT2D eigenvalue weighted by Gasteiger charge is 2.22. The lowest BCUT2D eigenvalue weighted by Gasteiger charge is -2.20. The molecule has 0 unspecified atom stereocenters. The number of benzene rings is 2. The van der Waals surface area contributed by atoms with Gasteiger partial charge in [0.1, 0.15) is 5.75 Å². The first-order chi connectivity index (χ1) is 14.5. The lowest BCUT2D eigenvalue weighted by atomic mass is 10.0. The summed E-state index contributed by atoms with van der Waals surface area (Å²) in [4.78, 5) is 25.1. The largest absolute Gasteiger partial charge is 0.497 e. The van der Waals surface area contributed by atoms with Crippen LogP contribution in [0.1, 0.15) is 35.3 Å². The molecule has 0 spiro atoms. The van der Waals surface area contributed by atoms with E-state index < -0.39 is 17.9 Å². The van der Waals surface area contributed by atoms with Gasteiger partial charge in [-0.1, -0.05) is 12.1 Å². The van der Waals surface area contributed by atoms with E-state index in [2.05, 4.69) is 5.32 Å². The van der Waals surface area contributed by atoms with Crippen LogP contribution in [0.4, 0.5) is 0 Å². The first-order valence-corrected chi connectivity index (χ1v) is 9.37. The van der Waals surface area contributed by atoms with E-state index in [-0.39, 0.29) is 13.0 Å². The van der Waals surface area contributed by atoms with E-state index in [1.807, 2.05) is 0 Å². The molecule has 0 fully saturated rings. The Morgan fingerprint density at radius 3 is 1.97 bits per heavy atom. The second-order valence-corrected chi connectivity index (χ2v) is 6.22. The lowest BCUT2D eigenvalue weighted by molar-refractivity contribution is -0.143. The molecular weight excluding hydrogens is 390 g/mol. The number of hydrogen-bond acceptors (Lipinski definition) is 7. The molecule has 30 heavy (non-hydrogen) atoms. The number of hydrogen-bond donors (Lipinski definition) is 1. The highest BCUT2D eigenvalue weighted by atomic mass is 16.5. The average molecular weight is 417 g/mol. The first-order valence-electron chi connectivity index (χ1n) is 9.37. The van der Waals surface area contributed by atoms with E-state index >= 15 is 0 Å². The minimum Gasteiger partial charge on any atom is -0.497 e. The van der Waals surface area contributed by atoms with Crippen molar-refractivity contribution in [2.75, 3.05) is 35.0 Å². The predicted octanol–water partition coefficient (Wildman–Crippen LogP) is 3.15. The molecule has 1 atom stereocenters. The van der Waals surface area contributed by atoms with E-state index in [1.54, 1.807) is 50.4 Å². The molecule has 0 aromatic heterocycles. The number of nitrogens with one attached hydrogen (secondary N) is 1. The maximum absolute atomic E-state index is 13.0. The fourth-order valence-electron chi connectivity index (χ4n) is 2.93. The monoisotopic (exact) mass is 417 g/mol. The third kappa shape index (κ3) is 5.56. The zero-order valence-corrected chi connectivity index (χ0v) is 17.8. The van der Waals surface area contributed by atoms with Crippen molar-refractivity contribution in [1.29, 1.82) is 0 Å². The summed E-state index contributed by atoms with van der Waals surface area (Å²) in [5.74, 6) is 0.948. The van der Waals surface area contributed by atoms with Crippen LogP contribution in [0, 0.1) is 0 Å². The van der Waals surface area contributed by atoms with Crippen LogP contribution < -0.4 is 24.3 Å². The Balaban J connectivity index is 2.33. The second-order valence-electron chi connectivity index (χ2n) is 6.22. The van der Waals surface area contributed by atoms with Crippen LogP contribution in [-0.4, -0.2) is 46.9 Å². The van der Waals surface area contributed by atoms with Crippen LogP contribution in [0.25, 0.3) is 0 Å². The smallest absolute Gasteiger partial charge is 0.308 e. The molecule has 162 valence electrons. The molecule has 0 saturated carbocycles. The highest BCUT2D eigenvalue weighted by Crippen LogP contribution is 2.38. The summed E-state index contributed by atoms with van der Waals surface area (Å²) in [6.45, 7) is 1.99. The average Bonchev–Trinajstić information content (AvgIpc) is 2.77. The van der Waals surface area contributed by atoms with Crippen molar-refractivity contribution in [2.24, 2.45) is 0 Å². The van der Waals surface area contributed by atoms with Crippen molar-refractivity contribution in [3.05, 3.63) is 47.5 Å². The van der Waals surface area contributed by atoms with Gasteiger partial charge in [-0.2, -0.15) is 0 Å². The molecule has 1 amide bonds. The van der Waals surface area contributed by atoms with Gasteiger partial charge in [0.2, 0.25) is 5.75 Å². The molecular formula is C22H27NO7. The van der Waals surface area contributed by atoms with E-state index in [9.17, 15) is 9.59 Å². The molecule has 0 heterocycles. The van der Waals surface area contributed by atoms with Gasteiger partial charge >= 0.3 is 5.97 Å². The summed E-state index contributed by atoms with van der Waals surface area (Å²) < 4.78 is 26.1. The molecule has 2 rings (SSSR count). The number of ether oxygens (including phenoxy) is 5. The second kappa shape index (κ2) is 10.9. The summed E-state index contributed by atoms with van der Waals surface area (Å²) in [5, 5.41) is 2.88. The number of carbonyl (C=O) groups excluding carboxylic acids is 2. The van der Waals surface area contributed by atoms with Gasteiger partial charge in [-0.05, 0) is 36.8 Å². The van der Waals surface area contributed by atoms with Gasteiger partial charge in [0, 0.05) is 5.56 Å². The standard InChI is InChI=1S/C22H27NO7/c1-6-30-20(24)13-17(14-7-9-16(26-2)10-8-14)23-22(25)15-11-18(27-3)21(29-5)19(12-15)28-4/h7-12,17H,6,13H2,1-5H3,(H,23,25)/t17-/m0/s1. The molecule has 2 aromatic rings. The molecule has 0 bridgehead atoms. The molecule has 2 aromatic carbocycles. The van der Waals surface area contributed by atoms with Gasteiger partial charge in [-0.15, -0.1) is 0 Å². The summed E-state index contributed by atoms with van der Waals surface area (Å²) in [6, 6.07) is 9.61. The lowest BCUT2D eigenvalue weighted by Crippen LogP contribution is -2.30. The number of methoxy groups -OCH3 is 4. The van der Waals surface area contributed by atoms with E-state index in [4.69, 9.17) is 23.7 Å². The Hall–Kier alpha value is -3.42.